The highest BCUT2D eigenvalue weighted by atomic mass is 32.2. The lowest BCUT2D eigenvalue weighted by molar-refractivity contribution is -0.152. The SMILES string of the molecule is C=CC[C@@H](NC(=O)[C@@H]1CC(Oc2cc(-c3ccccc3)nc3cc(OC)ccc23)CN1C(=O)[C@H](CCC(=O)N1CCC1=O)NC(=O)OC(C)(C)C)C(O)NS(=O)(=O)C1CC1. The highest BCUT2D eigenvalue weighted by Gasteiger charge is 2.45. The Bertz CT molecular complexity index is 2230. The predicted molar refractivity (Wildman–Crippen MR) is 220 cm³/mol. The summed E-state index contributed by atoms with van der Waals surface area (Å²) in [5.74, 6) is -1.36. The van der Waals surface area contributed by atoms with E-state index in [1.165, 1.54) is 11.0 Å². The van der Waals surface area contributed by atoms with Gasteiger partial charge in [0.05, 0.1) is 36.2 Å². The Labute approximate surface area is 348 Å². The number of aliphatic hydroxyl groups excluding tert-OH is 1. The summed E-state index contributed by atoms with van der Waals surface area (Å²) in [5.41, 5.74) is 1.02. The van der Waals surface area contributed by atoms with Crippen molar-refractivity contribution in [3.63, 3.8) is 0 Å². The van der Waals surface area contributed by atoms with E-state index in [1.54, 1.807) is 52.1 Å². The van der Waals surface area contributed by atoms with Gasteiger partial charge in [-0.25, -0.2) is 18.2 Å². The lowest BCUT2D eigenvalue weighted by Gasteiger charge is -2.32. The first-order valence-corrected chi connectivity index (χ1v) is 21.5. The smallest absolute Gasteiger partial charge is 0.408 e. The number of alkyl carbamates (subject to hydrolysis) is 1. The largest absolute Gasteiger partial charge is 0.497 e. The number of aliphatic hydroxyl groups is 1. The van der Waals surface area contributed by atoms with Crippen molar-refractivity contribution >= 4 is 50.6 Å². The second kappa shape index (κ2) is 18.4. The molecule has 3 aromatic rings. The van der Waals surface area contributed by atoms with E-state index in [0.717, 1.165) is 10.5 Å². The molecule has 5 amide bonds. The molecule has 2 saturated heterocycles. The Morgan fingerprint density at radius 3 is 2.42 bits per heavy atom. The molecule has 0 radical (unpaired) electrons. The number of rotatable bonds is 17. The maximum absolute atomic E-state index is 14.7. The van der Waals surface area contributed by atoms with Crippen LogP contribution >= 0.6 is 0 Å². The number of benzene rings is 2. The van der Waals surface area contributed by atoms with Crippen LogP contribution in [0.4, 0.5) is 4.79 Å². The summed E-state index contributed by atoms with van der Waals surface area (Å²) >= 11 is 0. The van der Waals surface area contributed by atoms with Gasteiger partial charge < -0.3 is 34.9 Å². The molecule has 6 rings (SSSR count). The van der Waals surface area contributed by atoms with Crippen LogP contribution in [0.2, 0.25) is 0 Å². The summed E-state index contributed by atoms with van der Waals surface area (Å²) in [5, 5.41) is 16.3. The summed E-state index contributed by atoms with van der Waals surface area (Å²) in [6.45, 7) is 8.72. The van der Waals surface area contributed by atoms with Crippen molar-refractivity contribution in [3.8, 4) is 22.8 Å². The molecule has 17 nitrogen and oxygen atoms in total. The molecule has 3 fully saturated rings. The Balaban J connectivity index is 1.32. The van der Waals surface area contributed by atoms with Crippen LogP contribution in [0.15, 0.2) is 67.3 Å². The fraction of sp³-hybridized carbons (Fsp3) is 0.476. The van der Waals surface area contributed by atoms with Crippen LogP contribution in [0.1, 0.15) is 65.7 Å². The molecule has 0 bridgehead atoms. The van der Waals surface area contributed by atoms with Crippen molar-refractivity contribution in [1.29, 1.82) is 0 Å². The van der Waals surface area contributed by atoms with Gasteiger partial charge in [0.1, 0.15) is 41.5 Å². The Morgan fingerprint density at radius 1 is 1.07 bits per heavy atom. The van der Waals surface area contributed by atoms with E-state index in [1.807, 2.05) is 30.3 Å². The zero-order valence-electron chi connectivity index (χ0n) is 34.1. The first-order valence-electron chi connectivity index (χ1n) is 19.9. The maximum atomic E-state index is 14.7. The minimum atomic E-state index is -3.86. The van der Waals surface area contributed by atoms with Gasteiger partial charge in [-0.3, -0.25) is 24.1 Å². The van der Waals surface area contributed by atoms with E-state index in [0.29, 0.717) is 40.9 Å². The first kappa shape index (κ1) is 44.0. The molecule has 1 aliphatic carbocycles. The lowest BCUT2D eigenvalue weighted by atomic mass is 10.1. The molecule has 322 valence electrons. The fourth-order valence-electron chi connectivity index (χ4n) is 7.05. The summed E-state index contributed by atoms with van der Waals surface area (Å²) in [6.07, 6.45) is -1.53. The van der Waals surface area contributed by atoms with Gasteiger partial charge in [-0.15, -0.1) is 6.58 Å². The maximum Gasteiger partial charge on any atom is 0.408 e. The van der Waals surface area contributed by atoms with Gasteiger partial charge in [0.15, 0.2) is 0 Å². The molecule has 2 aromatic carbocycles. The van der Waals surface area contributed by atoms with Crippen molar-refractivity contribution in [2.24, 2.45) is 0 Å². The number of sulfonamides is 1. The van der Waals surface area contributed by atoms with Gasteiger partial charge >= 0.3 is 6.09 Å². The number of aromatic nitrogens is 1. The van der Waals surface area contributed by atoms with E-state index >= 15 is 0 Å². The van der Waals surface area contributed by atoms with Crippen molar-refractivity contribution in [2.75, 3.05) is 20.2 Å². The number of carbonyl (C=O) groups excluding carboxylic acids is 5. The van der Waals surface area contributed by atoms with Gasteiger partial charge in [0, 0.05) is 48.9 Å². The van der Waals surface area contributed by atoms with Gasteiger partial charge in [-0.05, 0) is 58.6 Å². The molecular weight excluding hydrogens is 797 g/mol. The molecule has 5 atom stereocenters. The summed E-state index contributed by atoms with van der Waals surface area (Å²) in [7, 11) is -2.32. The number of pyridine rings is 1. The molecule has 3 aliphatic rings. The summed E-state index contributed by atoms with van der Waals surface area (Å²) in [6, 6.07) is 12.7. The quantitative estimate of drug-likeness (QED) is 0.0874. The minimum absolute atomic E-state index is 0.0322. The number of nitrogens with one attached hydrogen (secondary N) is 3. The van der Waals surface area contributed by atoms with E-state index in [2.05, 4.69) is 21.9 Å². The molecule has 0 spiro atoms. The van der Waals surface area contributed by atoms with Crippen LogP contribution in [0.5, 0.6) is 11.5 Å². The van der Waals surface area contributed by atoms with Crippen LogP contribution in [-0.4, -0.2) is 120 Å². The highest BCUT2D eigenvalue weighted by Crippen LogP contribution is 2.35. The second-order valence-electron chi connectivity index (χ2n) is 16.1. The number of likely N-dealkylation sites (tertiary alicyclic amines) is 2. The number of fused-ring (bicyclic) bond motifs is 1. The second-order valence-corrected chi connectivity index (χ2v) is 18.1. The van der Waals surface area contributed by atoms with Crippen LogP contribution in [-0.2, 0) is 33.9 Å². The molecule has 3 heterocycles. The Morgan fingerprint density at radius 2 is 1.80 bits per heavy atom. The average molecular weight is 849 g/mol. The number of ether oxygens (including phenoxy) is 3. The Hall–Kier alpha value is -5.59. The molecule has 1 saturated carbocycles. The summed E-state index contributed by atoms with van der Waals surface area (Å²) in [4.78, 5) is 74.3. The van der Waals surface area contributed by atoms with E-state index in [9.17, 15) is 37.5 Å². The number of carbonyl (C=O) groups is 5. The molecule has 60 heavy (non-hydrogen) atoms. The van der Waals surface area contributed by atoms with Crippen LogP contribution < -0.4 is 24.8 Å². The van der Waals surface area contributed by atoms with Gasteiger partial charge in [-0.1, -0.05) is 36.4 Å². The number of hydrogen-bond acceptors (Lipinski definition) is 12. The number of amides is 5. The molecule has 4 N–H and O–H groups in total. The van der Waals surface area contributed by atoms with Crippen molar-refractivity contribution in [1.82, 2.24) is 30.1 Å². The standard InChI is InChI=1S/C42H52N6O11S/c1-6-10-30(38(51)46-60(55,56)28-14-15-28)44-39(52)34-22-27(58-35-23-32(25-11-8-7-9-12-25)43-33-21-26(57-5)13-16-29(33)35)24-48(34)40(53)31(45-41(54)59-42(2,3)4)17-18-36(49)47-20-19-37(47)50/h6-9,11-13,16,21,23,27-28,30-31,34,38,46,51H,1,10,14-15,17-20,22,24H2,2-5H3,(H,44,52)(H,45,54)/t27?,30-,31+,34+,38?/m1/s1. The molecule has 2 unspecified atom stereocenters. The van der Waals surface area contributed by atoms with Crippen LogP contribution in [0.25, 0.3) is 22.2 Å². The number of nitrogens with zero attached hydrogens (tertiary/aromatic N) is 3. The lowest BCUT2D eigenvalue weighted by Crippen LogP contribution is -2.58. The number of hydrogen-bond donors (Lipinski definition) is 4. The number of methoxy groups -OCH3 is 1. The summed E-state index contributed by atoms with van der Waals surface area (Å²) < 4.78 is 45.2. The zero-order valence-corrected chi connectivity index (χ0v) is 34.9. The van der Waals surface area contributed by atoms with E-state index in [-0.39, 0.29) is 51.1 Å². The molecule has 1 aromatic heterocycles. The van der Waals surface area contributed by atoms with Gasteiger partial charge in [-0.2, -0.15) is 4.72 Å². The molecular formula is C42H52N6O11S. The van der Waals surface area contributed by atoms with Crippen molar-refractivity contribution in [2.45, 2.75) is 107 Å². The molecule has 18 heteroatoms. The van der Waals surface area contributed by atoms with E-state index < -0.39 is 75.1 Å². The average Bonchev–Trinajstić information content (AvgIpc) is 3.98. The normalized spacial score (nSPS) is 19.4. The third-order valence-corrected chi connectivity index (χ3v) is 12.3. The van der Waals surface area contributed by atoms with Crippen LogP contribution in [0.3, 0.4) is 0 Å². The van der Waals surface area contributed by atoms with Crippen molar-refractivity contribution < 1.29 is 51.7 Å². The van der Waals surface area contributed by atoms with Gasteiger partial charge in [0.25, 0.3) is 0 Å². The monoisotopic (exact) mass is 848 g/mol. The minimum Gasteiger partial charge on any atom is -0.497 e. The first-order chi connectivity index (χ1) is 28.5. The fourth-order valence-corrected chi connectivity index (χ4v) is 8.50. The third-order valence-electron chi connectivity index (χ3n) is 10.4. The zero-order chi connectivity index (χ0) is 43.4. The topological polar surface area (TPSA) is 223 Å². The Kier molecular flexibility index (Phi) is 13.5. The van der Waals surface area contributed by atoms with Crippen LogP contribution in [0, 0.1) is 0 Å². The third kappa shape index (κ3) is 10.8. The van der Waals surface area contributed by atoms with E-state index in [4.69, 9.17) is 19.2 Å². The highest BCUT2D eigenvalue weighted by molar-refractivity contribution is 7.90. The predicted octanol–water partition coefficient (Wildman–Crippen LogP) is 3.15. The van der Waals surface area contributed by atoms with Gasteiger partial charge in [0.2, 0.25) is 33.7 Å². The number of β-lactam (4-membered cyclic amide) rings is 1. The van der Waals surface area contributed by atoms with Crippen molar-refractivity contribution in [3.05, 3.63) is 67.3 Å². The number of imide groups is 1. The molecule has 2 aliphatic heterocycles.